The molecule has 5 amide bonds. The Morgan fingerprint density at radius 3 is 1.95 bits per heavy atom. The van der Waals surface area contributed by atoms with E-state index in [4.69, 9.17) is 5.73 Å². The normalized spacial score (nSPS) is 16.6. The van der Waals surface area contributed by atoms with Gasteiger partial charge in [0.05, 0.1) is 13.5 Å². The Bertz CT molecular complexity index is 889. The predicted octanol–water partition coefficient (Wildman–Crippen LogP) is -1.15. The van der Waals surface area contributed by atoms with E-state index < -0.39 is 72.1 Å². The van der Waals surface area contributed by atoms with E-state index in [0.717, 1.165) is 39.2 Å². The van der Waals surface area contributed by atoms with Crippen molar-refractivity contribution in [1.29, 1.82) is 0 Å². The molecule has 1 fully saturated rings. The van der Waals surface area contributed by atoms with Crippen molar-refractivity contribution < 1.29 is 43.4 Å². The quantitative estimate of drug-likeness (QED) is 0.137. The zero-order chi connectivity index (χ0) is 28.8. The van der Waals surface area contributed by atoms with Gasteiger partial charge in [0.2, 0.25) is 29.5 Å². The maximum atomic E-state index is 13.3. The van der Waals surface area contributed by atoms with E-state index >= 15 is 0 Å². The third-order valence-corrected chi connectivity index (χ3v) is 6.23. The molecule has 1 saturated carbocycles. The van der Waals surface area contributed by atoms with Crippen LogP contribution in [-0.2, 0) is 38.3 Å². The molecule has 14 heteroatoms. The van der Waals surface area contributed by atoms with Crippen molar-refractivity contribution >= 4 is 41.5 Å². The highest BCUT2D eigenvalue weighted by Crippen LogP contribution is 2.27. The fourth-order valence-electron chi connectivity index (χ4n) is 4.27. The van der Waals surface area contributed by atoms with Gasteiger partial charge in [-0.3, -0.25) is 28.8 Å². The molecule has 1 aliphatic rings. The van der Waals surface area contributed by atoms with Gasteiger partial charge in [0.25, 0.3) is 0 Å². The van der Waals surface area contributed by atoms with Gasteiger partial charge in [-0.05, 0) is 25.7 Å². The Morgan fingerprint density at radius 2 is 1.42 bits per heavy atom. The minimum absolute atomic E-state index is 0.0893. The summed E-state index contributed by atoms with van der Waals surface area (Å²) in [5, 5.41) is 19.0. The summed E-state index contributed by atoms with van der Waals surface area (Å²) in [6, 6.07) is -4.93. The lowest BCUT2D eigenvalue weighted by molar-refractivity contribution is -0.145. The number of methoxy groups -OCH3 is 1. The number of hydrogen-bond acceptors (Lipinski definition) is 8. The van der Waals surface area contributed by atoms with Gasteiger partial charge in [-0.2, -0.15) is 0 Å². The summed E-state index contributed by atoms with van der Waals surface area (Å²) >= 11 is 0. The highest BCUT2D eigenvalue weighted by molar-refractivity contribution is 5.96. The third kappa shape index (κ3) is 12.0. The Balaban J connectivity index is 3.11. The number of nitrogens with two attached hydrogens (primary N) is 1. The molecule has 7 N–H and O–H groups in total. The fraction of sp³-hybridized carbons (Fsp3) is 0.708. The summed E-state index contributed by atoms with van der Waals surface area (Å²) in [6.45, 7) is 2.53. The summed E-state index contributed by atoms with van der Waals surface area (Å²) in [5.74, 6) is -5.69. The molecule has 0 aromatic heterocycles. The summed E-state index contributed by atoms with van der Waals surface area (Å²) in [6.07, 6.45) is 3.79. The van der Waals surface area contributed by atoms with Gasteiger partial charge in [-0.1, -0.05) is 32.1 Å². The Labute approximate surface area is 221 Å². The van der Waals surface area contributed by atoms with Crippen molar-refractivity contribution in [2.45, 2.75) is 95.8 Å². The van der Waals surface area contributed by atoms with Crippen molar-refractivity contribution in [3.63, 3.8) is 0 Å². The number of ether oxygens (including phenoxy) is 1. The molecule has 4 atom stereocenters. The number of nitrogens with one attached hydrogen (secondary N) is 4. The summed E-state index contributed by atoms with van der Waals surface area (Å²) in [7, 11) is 1.12. The minimum Gasteiger partial charge on any atom is -0.481 e. The first kappa shape index (κ1) is 32.3. The van der Waals surface area contributed by atoms with Crippen molar-refractivity contribution in [3.8, 4) is 0 Å². The first-order valence-corrected chi connectivity index (χ1v) is 12.6. The maximum Gasteiger partial charge on any atom is 0.328 e. The third-order valence-electron chi connectivity index (χ3n) is 6.23. The van der Waals surface area contributed by atoms with Crippen LogP contribution in [0.15, 0.2) is 0 Å². The largest absolute Gasteiger partial charge is 0.481 e. The predicted molar refractivity (Wildman–Crippen MR) is 133 cm³/mol. The second kappa shape index (κ2) is 16.2. The average Bonchev–Trinajstić information content (AvgIpc) is 2.84. The molecule has 0 bridgehead atoms. The van der Waals surface area contributed by atoms with Crippen molar-refractivity contribution in [3.05, 3.63) is 0 Å². The molecule has 0 spiro atoms. The summed E-state index contributed by atoms with van der Waals surface area (Å²) < 4.78 is 4.54. The number of esters is 1. The van der Waals surface area contributed by atoms with Crippen LogP contribution in [0.4, 0.5) is 0 Å². The first-order valence-electron chi connectivity index (χ1n) is 12.6. The number of carbonyl (C=O) groups is 7. The summed E-state index contributed by atoms with van der Waals surface area (Å²) in [4.78, 5) is 84.8. The molecule has 0 radical (unpaired) electrons. The number of carboxylic acid groups (broad SMARTS) is 1. The Kier molecular flexibility index (Phi) is 13.8. The number of rotatable bonds is 15. The molecule has 14 nitrogen and oxygen atoms in total. The lowest BCUT2D eigenvalue weighted by Gasteiger charge is -2.29. The van der Waals surface area contributed by atoms with Crippen LogP contribution in [0, 0.1) is 5.92 Å². The SMILES string of the molecule is COC(=O)C(C)NC(=O)[C@H](CC(=O)O)NC(=O)C(CC1CCCCC1)NC(=O)[C@H](CCC(N)=O)NC(C)=O. The van der Waals surface area contributed by atoms with Crippen LogP contribution < -0.4 is 27.0 Å². The van der Waals surface area contributed by atoms with Crippen LogP contribution in [0.1, 0.15) is 71.6 Å². The second-order valence-electron chi connectivity index (χ2n) is 9.47. The number of amides is 5. The molecule has 38 heavy (non-hydrogen) atoms. The van der Waals surface area contributed by atoms with Gasteiger partial charge in [0, 0.05) is 13.3 Å². The smallest absolute Gasteiger partial charge is 0.328 e. The van der Waals surface area contributed by atoms with Crippen LogP contribution in [-0.4, -0.2) is 77.9 Å². The van der Waals surface area contributed by atoms with Crippen LogP contribution in [0.5, 0.6) is 0 Å². The topological polar surface area (TPSA) is 223 Å². The van der Waals surface area contributed by atoms with E-state index in [9.17, 15) is 38.7 Å². The number of carbonyl (C=O) groups excluding carboxylic acids is 6. The molecular formula is C24H39N5O9. The maximum absolute atomic E-state index is 13.3. The van der Waals surface area contributed by atoms with Crippen LogP contribution in [0.25, 0.3) is 0 Å². The Morgan fingerprint density at radius 1 is 0.868 bits per heavy atom. The number of primary amides is 1. The van der Waals surface area contributed by atoms with Crippen LogP contribution >= 0.6 is 0 Å². The van der Waals surface area contributed by atoms with Gasteiger partial charge < -0.3 is 36.8 Å². The van der Waals surface area contributed by atoms with E-state index in [1.54, 1.807) is 0 Å². The highest BCUT2D eigenvalue weighted by Gasteiger charge is 2.33. The average molecular weight is 542 g/mol. The minimum atomic E-state index is -1.54. The molecule has 0 aliphatic heterocycles. The van der Waals surface area contributed by atoms with E-state index in [1.807, 2.05) is 0 Å². The van der Waals surface area contributed by atoms with E-state index in [0.29, 0.717) is 0 Å². The standard InChI is InChI=1S/C24H39N5O9/c1-13(24(37)38-3)26-22(35)18(12-20(32)33)29-23(36)17(11-15-7-5-4-6-8-15)28-21(34)16(27-14(2)30)9-10-19(25)31/h13,15-18H,4-12H2,1-3H3,(H2,25,31)(H,26,35)(H,27,30)(H,28,34)(H,29,36)(H,32,33)/t13?,16-,17?,18-/m0/s1. The lowest BCUT2D eigenvalue weighted by atomic mass is 9.84. The molecule has 1 rings (SSSR count). The van der Waals surface area contributed by atoms with E-state index in [2.05, 4.69) is 26.0 Å². The number of carboxylic acids is 1. The van der Waals surface area contributed by atoms with Gasteiger partial charge in [-0.15, -0.1) is 0 Å². The van der Waals surface area contributed by atoms with Crippen LogP contribution in [0.2, 0.25) is 0 Å². The molecule has 0 aromatic rings. The molecular weight excluding hydrogens is 502 g/mol. The first-order chi connectivity index (χ1) is 17.8. The number of hydrogen-bond donors (Lipinski definition) is 6. The van der Waals surface area contributed by atoms with Gasteiger partial charge >= 0.3 is 11.9 Å². The zero-order valence-corrected chi connectivity index (χ0v) is 22.0. The van der Waals surface area contributed by atoms with E-state index in [-0.39, 0.29) is 25.2 Å². The monoisotopic (exact) mass is 541 g/mol. The summed E-state index contributed by atoms with van der Waals surface area (Å²) in [5.41, 5.74) is 5.17. The highest BCUT2D eigenvalue weighted by atomic mass is 16.5. The van der Waals surface area contributed by atoms with Crippen molar-refractivity contribution in [2.75, 3.05) is 7.11 Å². The Hall–Kier alpha value is -3.71. The fourth-order valence-corrected chi connectivity index (χ4v) is 4.27. The van der Waals surface area contributed by atoms with Gasteiger partial charge in [0.15, 0.2) is 0 Å². The zero-order valence-electron chi connectivity index (χ0n) is 22.0. The van der Waals surface area contributed by atoms with Crippen molar-refractivity contribution in [2.24, 2.45) is 11.7 Å². The molecule has 214 valence electrons. The van der Waals surface area contributed by atoms with Crippen LogP contribution in [0.3, 0.4) is 0 Å². The lowest BCUT2D eigenvalue weighted by Crippen LogP contribution is -2.58. The van der Waals surface area contributed by atoms with Gasteiger partial charge in [-0.25, -0.2) is 4.79 Å². The van der Waals surface area contributed by atoms with Crippen molar-refractivity contribution in [1.82, 2.24) is 21.3 Å². The van der Waals surface area contributed by atoms with E-state index in [1.165, 1.54) is 13.8 Å². The number of aliphatic carboxylic acids is 1. The van der Waals surface area contributed by atoms with Gasteiger partial charge in [0.1, 0.15) is 24.2 Å². The molecule has 2 unspecified atom stereocenters. The molecule has 0 aromatic carbocycles. The molecule has 0 heterocycles. The molecule has 0 saturated heterocycles. The second-order valence-corrected chi connectivity index (χ2v) is 9.47. The molecule has 1 aliphatic carbocycles.